The fourth-order valence-corrected chi connectivity index (χ4v) is 5.58. The van der Waals surface area contributed by atoms with Crippen LogP contribution in [0.3, 0.4) is 0 Å². The third-order valence-corrected chi connectivity index (χ3v) is 7.63. The molecule has 0 fully saturated rings. The third kappa shape index (κ3) is 5.73. The van der Waals surface area contributed by atoms with Crippen LogP contribution >= 0.6 is 0 Å². The van der Waals surface area contributed by atoms with Crippen LogP contribution in [0.5, 0.6) is 5.75 Å². The van der Waals surface area contributed by atoms with Gasteiger partial charge < -0.3 is 30.2 Å². The number of hydrogen-bond donors (Lipinski definition) is 2. The van der Waals surface area contributed by atoms with Gasteiger partial charge in [-0.05, 0) is 57.6 Å². The number of nitrogen functional groups attached to an aromatic ring is 1. The summed E-state index contributed by atoms with van der Waals surface area (Å²) in [5, 5.41) is 4.53. The van der Waals surface area contributed by atoms with Gasteiger partial charge in [0.1, 0.15) is 5.75 Å². The average molecular weight is 565 g/mol. The van der Waals surface area contributed by atoms with Gasteiger partial charge in [0.2, 0.25) is 5.95 Å². The lowest BCUT2D eigenvalue weighted by Crippen LogP contribution is -2.29. The molecule has 42 heavy (non-hydrogen) atoms. The smallest absolute Gasteiger partial charge is 0.227 e. The Balaban J connectivity index is 1.56. The predicted molar refractivity (Wildman–Crippen MR) is 175 cm³/mol. The van der Waals surface area contributed by atoms with Gasteiger partial charge >= 0.3 is 0 Å². The molecule has 3 heterocycles. The quantitative estimate of drug-likeness (QED) is 0.133. The number of para-hydroxylation sites is 1. The zero-order valence-electron chi connectivity index (χ0n) is 25.2. The number of aryl methyl sites for hydroxylation is 2. The molecule has 0 aliphatic carbocycles. The largest absolute Gasteiger partial charge is 0.494 e. The van der Waals surface area contributed by atoms with E-state index in [-0.39, 0.29) is 0 Å². The van der Waals surface area contributed by atoms with Gasteiger partial charge in [-0.25, -0.2) is 9.97 Å². The lowest BCUT2D eigenvalue weighted by molar-refractivity contribution is 0.413. The number of likely N-dealkylation sites (N-methyl/N-ethyl adjacent to an activating group) is 2. The van der Waals surface area contributed by atoms with Crippen LogP contribution in [0.2, 0.25) is 0 Å². The molecule has 218 valence electrons. The topological polar surface area (TPSA) is 96.8 Å². The van der Waals surface area contributed by atoms with Crippen LogP contribution in [0.4, 0.5) is 23.0 Å². The fourth-order valence-electron chi connectivity index (χ4n) is 5.58. The van der Waals surface area contributed by atoms with Crippen LogP contribution in [0.25, 0.3) is 22.2 Å². The van der Waals surface area contributed by atoms with Crippen LogP contribution in [-0.4, -0.2) is 66.5 Å². The Morgan fingerprint density at radius 2 is 2.05 bits per heavy atom. The Morgan fingerprint density at radius 3 is 2.81 bits per heavy atom. The molecule has 0 amide bonds. The lowest BCUT2D eigenvalue weighted by atomic mass is 10.0. The molecule has 1 aliphatic rings. The fraction of sp³-hybridized carbons (Fsp3) is 0.303. The number of methoxy groups -OCH3 is 1. The van der Waals surface area contributed by atoms with Crippen molar-refractivity contribution in [2.24, 2.45) is 4.99 Å². The van der Waals surface area contributed by atoms with Crippen molar-refractivity contribution in [1.82, 2.24) is 19.4 Å². The van der Waals surface area contributed by atoms with Crippen molar-refractivity contribution in [3.05, 3.63) is 78.8 Å². The van der Waals surface area contributed by atoms with E-state index in [2.05, 4.69) is 63.5 Å². The second kappa shape index (κ2) is 12.5. The first-order valence-corrected chi connectivity index (χ1v) is 14.2. The SMILES string of the molecule is C=C/C=C\N=C(C)c1c(-c2ccnc(Nc3cc(N)c(N(C)CCN(C)C)cc3OC)n2)c2cccc3c2n1CCC3. The number of allylic oxidation sites excluding steroid dienone is 2. The van der Waals surface area contributed by atoms with Gasteiger partial charge in [-0.3, -0.25) is 4.99 Å². The molecule has 4 aromatic rings. The molecule has 5 rings (SSSR count). The molecule has 2 aromatic heterocycles. The van der Waals surface area contributed by atoms with Crippen molar-refractivity contribution in [2.45, 2.75) is 26.3 Å². The minimum absolute atomic E-state index is 0.456. The van der Waals surface area contributed by atoms with E-state index < -0.39 is 0 Å². The van der Waals surface area contributed by atoms with Crippen LogP contribution in [0.1, 0.15) is 24.6 Å². The molecule has 9 heteroatoms. The highest BCUT2D eigenvalue weighted by Gasteiger charge is 2.25. The Morgan fingerprint density at radius 1 is 1.21 bits per heavy atom. The van der Waals surface area contributed by atoms with Crippen molar-refractivity contribution >= 4 is 39.6 Å². The molecule has 0 unspecified atom stereocenters. The first-order chi connectivity index (χ1) is 20.3. The maximum atomic E-state index is 6.51. The number of ether oxygens (including phenoxy) is 1. The van der Waals surface area contributed by atoms with Crippen LogP contribution < -0.4 is 20.7 Å². The number of rotatable bonds is 11. The van der Waals surface area contributed by atoms with Gasteiger partial charge in [-0.2, -0.15) is 0 Å². The molecule has 3 N–H and O–H groups in total. The first kappa shape index (κ1) is 28.9. The minimum Gasteiger partial charge on any atom is -0.494 e. The zero-order chi connectivity index (χ0) is 29.8. The van der Waals surface area contributed by atoms with Gasteiger partial charge in [-0.1, -0.05) is 30.9 Å². The maximum Gasteiger partial charge on any atom is 0.227 e. The summed E-state index contributed by atoms with van der Waals surface area (Å²) in [5.74, 6) is 1.12. The summed E-state index contributed by atoms with van der Waals surface area (Å²) in [4.78, 5) is 18.6. The monoisotopic (exact) mass is 564 g/mol. The van der Waals surface area contributed by atoms with E-state index in [0.29, 0.717) is 23.1 Å². The lowest BCUT2D eigenvalue weighted by Gasteiger charge is -2.24. The molecular formula is C33H40N8O. The Hall–Kier alpha value is -4.63. The highest BCUT2D eigenvalue weighted by molar-refractivity contribution is 6.12. The van der Waals surface area contributed by atoms with Crippen molar-refractivity contribution in [2.75, 3.05) is 57.3 Å². The first-order valence-electron chi connectivity index (χ1n) is 14.2. The van der Waals surface area contributed by atoms with Crippen molar-refractivity contribution in [3.8, 4) is 17.0 Å². The molecule has 0 bridgehead atoms. The highest BCUT2D eigenvalue weighted by Crippen LogP contribution is 2.40. The number of aliphatic imine (C=N–C) groups is 1. The Kier molecular flexibility index (Phi) is 8.59. The number of benzene rings is 2. The molecule has 0 saturated heterocycles. The van der Waals surface area contributed by atoms with Crippen LogP contribution in [0.15, 0.2) is 72.5 Å². The number of nitrogens with zero attached hydrogens (tertiary/aromatic N) is 6. The average Bonchev–Trinajstić information content (AvgIpc) is 3.32. The summed E-state index contributed by atoms with van der Waals surface area (Å²) in [7, 11) is 7.80. The van der Waals surface area contributed by atoms with Gasteiger partial charge in [0, 0.05) is 56.1 Å². The Labute approximate surface area is 248 Å². The van der Waals surface area contributed by atoms with E-state index in [1.807, 2.05) is 38.2 Å². The van der Waals surface area contributed by atoms with E-state index in [9.17, 15) is 0 Å². The van der Waals surface area contributed by atoms with Crippen LogP contribution in [0, 0.1) is 0 Å². The third-order valence-electron chi connectivity index (χ3n) is 7.63. The number of aromatic nitrogens is 3. The molecule has 1 aliphatic heterocycles. The van der Waals surface area contributed by atoms with Gasteiger partial charge in [0.25, 0.3) is 0 Å². The summed E-state index contributed by atoms with van der Waals surface area (Å²) in [6, 6.07) is 12.3. The van der Waals surface area contributed by atoms with E-state index >= 15 is 0 Å². The standard InChI is InChI=1S/C33H40N8O/c1-7-8-15-35-22(2)31-30(24-13-9-11-23-12-10-17-41(31)32(23)24)26-14-16-36-33(37-26)38-27-20-25(34)28(21-29(27)42-6)40(5)19-18-39(3)4/h7-9,11,13-16,20-21H,1,10,12,17-19,34H2,2-6H3,(H,36,37,38)/b15-8-,35-22?. The zero-order valence-corrected chi connectivity index (χ0v) is 25.2. The van der Waals surface area contributed by atoms with E-state index in [4.69, 9.17) is 20.4 Å². The number of anilines is 4. The highest BCUT2D eigenvalue weighted by atomic mass is 16.5. The van der Waals surface area contributed by atoms with Gasteiger partial charge in [0.15, 0.2) is 0 Å². The molecule has 0 saturated carbocycles. The summed E-state index contributed by atoms with van der Waals surface area (Å²) in [6.07, 6.45) is 9.28. The summed E-state index contributed by atoms with van der Waals surface area (Å²) in [5.41, 5.74) is 15.2. The second-order valence-corrected chi connectivity index (χ2v) is 10.8. The summed E-state index contributed by atoms with van der Waals surface area (Å²) < 4.78 is 8.15. The molecule has 0 atom stereocenters. The summed E-state index contributed by atoms with van der Waals surface area (Å²) in [6.45, 7) is 8.50. The number of nitrogens with one attached hydrogen (secondary N) is 1. The predicted octanol–water partition coefficient (Wildman–Crippen LogP) is 5.89. The van der Waals surface area contributed by atoms with Crippen molar-refractivity contribution in [3.63, 3.8) is 0 Å². The number of hydrogen-bond acceptors (Lipinski definition) is 8. The normalized spacial score (nSPS) is 13.2. The van der Waals surface area contributed by atoms with E-state index in [1.165, 1.54) is 16.5 Å². The molecule has 0 spiro atoms. The van der Waals surface area contributed by atoms with Gasteiger partial charge in [-0.15, -0.1) is 0 Å². The second-order valence-electron chi connectivity index (χ2n) is 10.8. The summed E-state index contributed by atoms with van der Waals surface area (Å²) >= 11 is 0. The molecule has 2 aromatic carbocycles. The Bertz CT molecular complexity index is 1670. The number of nitrogens with two attached hydrogens (primary N) is 1. The molecule has 9 nitrogen and oxygen atoms in total. The van der Waals surface area contributed by atoms with E-state index in [1.54, 1.807) is 25.6 Å². The van der Waals surface area contributed by atoms with Crippen LogP contribution in [-0.2, 0) is 13.0 Å². The molecular weight excluding hydrogens is 524 g/mol. The van der Waals surface area contributed by atoms with Crippen molar-refractivity contribution in [1.29, 1.82) is 0 Å². The van der Waals surface area contributed by atoms with Crippen molar-refractivity contribution < 1.29 is 4.74 Å². The maximum absolute atomic E-state index is 6.51. The molecule has 0 radical (unpaired) electrons. The van der Waals surface area contributed by atoms with E-state index in [0.717, 1.165) is 60.8 Å². The van der Waals surface area contributed by atoms with Gasteiger partial charge in [0.05, 0.1) is 46.8 Å². The minimum atomic E-state index is 0.456.